The monoisotopic (exact) mass is 236 g/mol. The zero-order valence-electron chi connectivity index (χ0n) is 11.2. The molecular weight excluding hydrogens is 212 g/mol. The van der Waals surface area contributed by atoms with Crippen LogP contribution in [0, 0.1) is 0 Å². The molecule has 0 saturated carbocycles. The Morgan fingerprint density at radius 1 is 1.53 bits per heavy atom. The summed E-state index contributed by atoms with van der Waals surface area (Å²) in [4.78, 5) is 2.22. The smallest absolute Gasteiger partial charge is 0.0807 e. The Labute approximate surface area is 104 Å². The Morgan fingerprint density at radius 2 is 2.29 bits per heavy atom. The van der Waals surface area contributed by atoms with Gasteiger partial charge in [0.2, 0.25) is 0 Å². The predicted octanol–water partition coefficient (Wildman–Crippen LogP) is 2.37. The molecule has 0 amide bonds. The molecule has 0 spiro atoms. The van der Waals surface area contributed by atoms with Crippen LogP contribution < -0.4 is 0 Å². The quantitative estimate of drug-likeness (QED) is 0.869. The molecular formula is C14H24N2O. The van der Waals surface area contributed by atoms with Gasteiger partial charge in [-0.3, -0.25) is 0 Å². The SMILES string of the molecule is CC(CCN(C)C)n1ccc2c1CCCC2O. The molecule has 1 aliphatic carbocycles. The number of aliphatic hydroxyl groups excluding tert-OH is 1. The van der Waals surface area contributed by atoms with E-state index >= 15 is 0 Å². The van der Waals surface area contributed by atoms with Gasteiger partial charge in [-0.15, -0.1) is 0 Å². The minimum atomic E-state index is -0.235. The van der Waals surface area contributed by atoms with Gasteiger partial charge in [-0.2, -0.15) is 0 Å². The molecule has 96 valence electrons. The maximum absolute atomic E-state index is 9.95. The first-order chi connectivity index (χ1) is 8.09. The number of hydrogen-bond donors (Lipinski definition) is 1. The van der Waals surface area contributed by atoms with Crippen LogP contribution in [0.25, 0.3) is 0 Å². The minimum absolute atomic E-state index is 0.235. The zero-order chi connectivity index (χ0) is 12.4. The predicted molar refractivity (Wildman–Crippen MR) is 70.2 cm³/mol. The van der Waals surface area contributed by atoms with Crippen molar-refractivity contribution in [2.24, 2.45) is 0 Å². The van der Waals surface area contributed by atoms with Crippen molar-refractivity contribution in [1.82, 2.24) is 9.47 Å². The average Bonchev–Trinajstić information content (AvgIpc) is 2.71. The van der Waals surface area contributed by atoms with Crippen molar-refractivity contribution in [3.8, 4) is 0 Å². The molecule has 0 aromatic carbocycles. The summed E-state index contributed by atoms with van der Waals surface area (Å²) in [5, 5.41) is 9.95. The molecule has 0 bridgehead atoms. The van der Waals surface area contributed by atoms with Gasteiger partial charge in [0.1, 0.15) is 0 Å². The van der Waals surface area contributed by atoms with E-state index in [4.69, 9.17) is 0 Å². The molecule has 1 heterocycles. The van der Waals surface area contributed by atoms with Crippen LogP contribution in [0.4, 0.5) is 0 Å². The maximum Gasteiger partial charge on any atom is 0.0807 e. The lowest BCUT2D eigenvalue weighted by molar-refractivity contribution is 0.155. The van der Waals surface area contributed by atoms with Crippen LogP contribution in [0.5, 0.6) is 0 Å². The first kappa shape index (κ1) is 12.7. The largest absolute Gasteiger partial charge is 0.388 e. The summed E-state index contributed by atoms with van der Waals surface area (Å²) in [5.74, 6) is 0. The minimum Gasteiger partial charge on any atom is -0.388 e. The molecule has 0 fully saturated rings. The highest BCUT2D eigenvalue weighted by atomic mass is 16.3. The van der Waals surface area contributed by atoms with Gasteiger partial charge >= 0.3 is 0 Å². The third-order valence-electron chi connectivity index (χ3n) is 3.78. The lowest BCUT2D eigenvalue weighted by atomic mass is 9.95. The van der Waals surface area contributed by atoms with Crippen LogP contribution in [0.3, 0.4) is 0 Å². The van der Waals surface area contributed by atoms with E-state index in [-0.39, 0.29) is 6.10 Å². The Bertz CT molecular complexity index is 370. The van der Waals surface area contributed by atoms with E-state index in [1.54, 1.807) is 0 Å². The molecule has 3 nitrogen and oxygen atoms in total. The molecule has 0 saturated heterocycles. The van der Waals surface area contributed by atoms with Crippen LogP contribution in [0.2, 0.25) is 0 Å². The van der Waals surface area contributed by atoms with Crippen LogP contribution in [0.1, 0.15) is 49.6 Å². The Morgan fingerprint density at radius 3 is 3.00 bits per heavy atom. The Kier molecular flexibility index (Phi) is 3.89. The van der Waals surface area contributed by atoms with Gasteiger partial charge in [-0.05, 0) is 59.3 Å². The van der Waals surface area contributed by atoms with E-state index in [1.807, 2.05) is 0 Å². The van der Waals surface area contributed by atoms with E-state index < -0.39 is 0 Å². The molecule has 1 aromatic heterocycles. The second kappa shape index (κ2) is 5.23. The van der Waals surface area contributed by atoms with Crippen molar-refractivity contribution in [1.29, 1.82) is 0 Å². The van der Waals surface area contributed by atoms with Crippen molar-refractivity contribution < 1.29 is 5.11 Å². The highest BCUT2D eigenvalue weighted by molar-refractivity contribution is 5.27. The molecule has 3 heteroatoms. The van der Waals surface area contributed by atoms with Crippen LogP contribution in [-0.2, 0) is 6.42 Å². The highest BCUT2D eigenvalue weighted by Crippen LogP contribution is 2.32. The van der Waals surface area contributed by atoms with Crippen molar-refractivity contribution in [3.63, 3.8) is 0 Å². The zero-order valence-corrected chi connectivity index (χ0v) is 11.2. The van der Waals surface area contributed by atoms with E-state index in [0.717, 1.165) is 37.8 Å². The van der Waals surface area contributed by atoms with Gasteiger partial charge in [0.15, 0.2) is 0 Å². The Hall–Kier alpha value is -0.800. The first-order valence-corrected chi connectivity index (χ1v) is 6.62. The van der Waals surface area contributed by atoms with E-state index in [1.165, 1.54) is 5.69 Å². The topological polar surface area (TPSA) is 28.4 Å². The molecule has 2 atom stereocenters. The van der Waals surface area contributed by atoms with Crippen molar-refractivity contribution in [2.45, 2.75) is 44.8 Å². The molecule has 2 unspecified atom stereocenters. The molecule has 17 heavy (non-hydrogen) atoms. The van der Waals surface area contributed by atoms with Gasteiger partial charge in [0.05, 0.1) is 6.10 Å². The third kappa shape index (κ3) is 2.72. The van der Waals surface area contributed by atoms with Gasteiger partial charge in [0, 0.05) is 23.5 Å². The summed E-state index contributed by atoms with van der Waals surface area (Å²) >= 11 is 0. The summed E-state index contributed by atoms with van der Waals surface area (Å²) in [6.45, 7) is 3.38. The number of fused-ring (bicyclic) bond motifs is 1. The van der Waals surface area contributed by atoms with Gasteiger partial charge in [-0.1, -0.05) is 0 Å². The summed E-state index contributed by atoms with van der Waals surface area (Å²) in [5.41, 5.74) is 2.52. The van der Waals surface area contributed by atoms with E-state index in [9.17, 15) is 5.11 Å². The van der Waals surface area contributed by atoms with Crippen molar-refractivity contribution in [3.05, 3.63) is 23.5 Å². The van der Waals surface area contributed by atoms with E-state index in [2.05, 4.69) is 42.7 Å². The maximum atomic E-state index is 9.95. The van der Waals surface area contributed by atoms with Crippen LogP contribution in [-0.4, -0.2) is 35.2 Å². The number of aromatic nitrogens is 1. The average molecular weight is 236 g/mol. The summed E-state index contributed by atoms with van der Waals surface area (Å²) in [6.07, 6.45) is 6.22. The lowest BCUT2D eigenvalue weighted by Crippen LogP contribution is -2.19. The summed E-state index contributed by atoms with van der Waals surface area (Å²) in [6, 6.07) is 2.62. The Balaban J connectivity index is 2.11. The van der Waals surface area contributed by atoms with Gasteiger partial charge in [0.25, 0.3) is 0 Å². The van der Waals surface area contributed by atoms with Gasteiger partial charge < -0.3 is 14.6 Å². The number of nitrogens with zero attached hydrogens (tertiary/aromatic N) is 2. The lowest BCUT2D eigenvalue weighted by Gasteiger charge is -2.24. The fourth-order valence-corrected chi connectivity index (χ4v) is 2.69. The molecule has 1 N–H and O–H groups in total. The molecule has 0 radical (unpaired) electrons. The van der Waals surface area contributed by atoms with Gasteiger partial charge in [-0.25, -0.2) is 0 Å². The normalized spacial score (nSPS) is 21.6. The van der Waals surface area contributed by atoms with Crippen molar-refractivity contribution in [2.75, 3.05) is 20.6 Å². The summed E-state index contributed by atoms with van der Waals surface area (Å²) in [7, 11) is 4.23. The second-order valence-corrected chi connectivity index (χ2v) is 5.47. The standard InChI is InChI=1S/C14H24N2O/c1-11(7-9-15(2)3)16-10-8-12-13(16)5-4-6-14(12)17/h8,10-11,14,17H,4-7,9H2,1-3H3. The van der Waals surface area contributed by atoms with E-state index in [0.29, 0.717) is 6.04 Å². The summed E-state index contributed by atoms with van der Waals surface area (Å²) < 4.78 is 2.36. The van der Waals surface area contributed by atoms with Crippen molar-refractivity contribution >= 4 is 0 Å². The van der Waals surface area contributed by atoms with Crippen LogP contribution in [0.15, 0.2) is 12.3 Å². The fraction of sp³-hybridized carbons (Fsp3) is 0.714. The third-order valence-corrected chi connectivity index (χ3v) is 3.78. The first-order valence-electron chi connectivity index (χ1n) is 6.62. The molecule has 1 aromatic rings. The molecule has 2 rings (SSSR count). The number of aliphatic hydroxyl groups is 1. The molecule has 1 aliphatic rings. The fourth-order valence-electron chi connectivity index (χ4n) is 2.69. The highest BCUT2D eigenvalue weighted by Gasteiger charge is 2.22. The van der Waals surface area contributed by atoms with Crippen LogP contribution >= 0.6 is 0 Å². The molecule has 0 aliphatic heterocycles. The second-order valence-electron chi connectivity index (χ2n) is 5.47. The number of rotatable bonds is 4. The number of hydrogen-bond acceptors (Lipinski definition) is 2.